The minimum Gasteiger partial charge on any atom is -0.467 e. The molecule has 0 saturated heterocycles. The molecule has 0 aromatic heterocycles. The summed E-state index contributed by atoms with van der Waals surface area (Å²) >= 11 is 0. The van der Waals surface area contributed by atoms with Crippen LogP contribution in [0.5, 0.6) is 0 Å². The molecule has 4 rings (SSSR count). The van der Waals surface area contributed by atoms with Crippen molar-refractivity contribution in [1.29, 1.82) is 0 Å². The molecule has 44 heavy (non-hydrogen) atoms. The van der Waals surface area contributed by atoms with Gasteiger partial charge in [-0.1, -0.05) is 105 Å². The summed E-state index contributed by atoms with van der Waals surface area (Å²) < 4.78 is 10.7. The van der Waals surface area contributed by atoms with Crippen LogP contribution in [0.1, 0.15) is 63.1 Å². The SMILES string of the molecule is COC(=O)[C@@H](NC(=O)c1ccccc1)[C@H](C)c1cccc(COC(=O)[C@H](NC(=O)c2ccccc2)[C@@H](C)c2ccccc2)c1. The number of benzene rings is 4. The molecule has 8 heteroatoms. The third-order valence-electron chi connectivity index (χ3n) is 7.54. The average molecular weight is 593 g/mol. The number of nitrogens with one attached hydrogen (secondary N) is 2. The van der Waals surface area contributed by atoms with Gasteiger partial charge >= 0.3 is 11.9 Å². The van der Waals surface area contributed by atoms with Crippen LogP contribution in [0.3, 0.4) is 0 Å². The van der Waals surface area contributed by atoms with Gasteiger partial charge in [-0.2, -0.15) is 0 Å². The molecule has 4 aromatic carbocycles. The lowest BCUT2D eigenvalue weighted by Crippen LogP contribution is -2.45. The Kier molecular flexibility index (Phi) is 11.0. The monoisotopic (exact) mass is 592 g/mol. The Morgan fingerprint density at radius 1 is 0.591 bits per heavy atom. The Labute approximate surface area is 257 Å². The van der Waals surface area contributed by atoms with Gasteiger partial charge in [0.2, 0.25) is 0 Å². The molecule has 0 fully saturated rings. The predicted molar refractivity (Wildman–Crippen MR) is 167 cm³/mol. The summed E-state index contributed by atoms with van der Waals surface area (Å²) in [5.41, 5.74) is 3.17. The van der Waals surface area contributed by atoms with Crippen LogP contribution >= 0.6 is 0 Å². The second-order valence-corrected chi connectivity index (χ2v) is 10.5. The molecular weight excluding hydrogens is 556 g/mol. The molecule has 226 valence electrons. The van der Waals surface area contributed by atoms with Crippen molar-refractivity contribution in [3.63, 3.8) is 0 Å². The van der Waals surface area contributed by atoms with Crippen LogP contribution in [0, 0.1) is 0 Å². The standard InChI is InChI=1S/C36H36N2O6/c1-24(27-15-7-4-8-16-27)32(38-34(40)29-19-11-6-12-20-29)36(42)44-23-26-14-13-21-30(22-26)25(2)31(35(41)43-3)37-33(39)28-17-9-5-10-18-28/h4-22,24-25,31-32H,23H2,1-3H3,(H,37,39)(H,38,40)/t24-,25+,31-,32+/m0/s1. The lowest BCUT2D eigenvalue weighted by Gasteiger charge is -2.25. The zero-order valence-corrected chi connectivity index (χ0v) is 24.9. The fourth-order valence-corrected chi connectivity index (χ4v) is 4.88. The van der Waals surface area contributed by atoms with Gasteiger partial charge in [0.15, 0.2) is 0 Å². The van der Waals surface area contributed by atoms with Crippen molar-refractivity contribution in [2.45, 2.75) is 44.4 Å². The van der Waals surface area contributed by atoms with E-state index in [-0.39, 0.29) is 18.4 Å². The minimum atomic E-state index is -0.949. The Morgan fingerprint density at radius 3 is 1.57 bits per heavy atom. The van der Waals surface area contributed by atoms with Crippen LogP contribution in [0.2, 0.25) is 0 Å². The van der Waals surface area contributed by atoms with Crippen molar-refractivity contribution < 1.29 is 28.7 Å². The van der Waals surface area contributed by atoms with E-state index in [0.717, 1.165) is 11.1 Å². The number of hydrogen-bond acceptors (Lipinski definition) is 6. The molecule has 0 radical (unpaired) electrons. The van der Waals surface area contributed by atoms with Gasteiger partial charge in [0.1, 0.15) is 18.7 Å². The molecule has 0 spiro atoms. The third-order valence-corrected chi connectivity index (χ3v) is 7.54. The van der Waals surface area contributed by atoms with E-state index in [9.17, 15) is 19.2 Å². The Morgan fingerprint density at radius 2 is 1.05 bits per heavy atom. The van der Waals surface area contributed by atoms with Crippen molar-refractivity contribution in [3.8, 4) is 0 Å². The second kappa shape index (κ2) is 15.3. The van der Waals surface area contributed by atoms with Crippen molar-refractivity contribution in [3.05, 3.63) is 143 Å². The fourth-order valence-electron chi connectivity index (χ4n) is 4.88. The second-order valence-electron chi connectivity index (χ2n) is 10.5. The van der Waals surface area contributed by atoms with E-state index in [1.165, 1.54) is 7.11 Å². The maximum absolute atomic E-state index is 13.5. The van der Waals surface area contributed by atoms with E-state index >= 15 is 0 Å². The Bertz CT molecular complexity index is 1560. The van der Waals surface area contributed by atoms with Gasteiger partial charge in [0, 0.05) is 23.0 Å². The molecule has 4 aromatic rings. The lowest BCUT2D eigenvalue weighted by atomic mass is 9.91. The van der Waals surface area contributed by atoms with E-state index in [2.05, 4.69) is 10.6 Å². The smallest absolute Gasteiger partial charge is 0.329 e. The molecule has 0 bridgehead atoms. The molecule has 8 nitrogen and oxygen atoms in total. The molecule has 0 unspecified atom stereocenters. The minimum absolute atomic E-state index is 0.0577. The number of amides is 2. The number of rotatable bonds is 12. The van der Waals surface area contributed by atoms with Crippen molar-refractivity contribution in [2.24, 2.45) is 0 Å². The van der Waals surface area contributed by atoms with Gasteiger partial charge in [-0.3, -0.25) is 9.59 Å². The normalized spacial score (nSPS) is 13.4. The maximum Gasteiger partial charge on any atom is 0.329 e. The van der Waals surface area contributed by atoms with E-state index in [0.29, 0.717) is 16.7 Å². The van der Waals surface area contributed by atoms with Crippen molar-refractivity contribution >= 4 is 23.8 Å². The summed E-state index contributed by atoms with van der Waals surface area (Å²) in [4.78, 5) is 52.0. The van der Waals surface area contributed by atoms with Gasteiger partial charge in [-0.15, -0.1) is 0 Å². The van der Waals surface area contributed by atoms with E-state index in [1.54, 1.807) is 66.7 Å². The van der Waals surface area contributed by atoms with Gasteiger partial charge in [-0.05, 0) is 41.0 Å². The number of ether oxygens (including phenoxy) is 2. The number of esters is 2. The topological polar surface area (TPSA) is 111 Å². The van der Waals surface area contributed by atoms with Crippen LogP contribution < -0.4 is 10.6 Å². The van der Waals surface area contributed by atoms with E-state index < -0.39 is 35.8 Å². The van der Waals surface area contributed by atoms with Crippen LogP contribution in [0.25, 0.3) is 0 Å². The summed E-state index contributed by atoms with van der Waals surface area (Å²) in [7, 11) is 1.27. The molecule has 0 heterocycles. The Hall–Kier alpha value is -5.24. The highest BCUT2D eigenvalue weighted by Gasteiger charge is 2.31. The summed E-state index contributed by atoms with van der Waals surface area (Å²) in [5.74, 6) is -2.75. The van der Waals surface area contributed by atoms with Crippen molar-refractivity contribution in [1.82, 2.24) is 10.6 Å². The number of carbonyl (C=O) groups excluding carboxylic acids is 4. The van der Waals surface area contributed by atoms with Gasteiger partial charge < -0.3 is 20.1 Å². The van der Waals surface area contributed by atoms with Crippen LogP contribution in [0.15, 0.2) is 115 Å². The first-order chi connectivity index (χ1) is 21.3. The average Bonchev–Trinajstić information content (AvgIpc) is 3.08. The lowest BCUT2D eigenvalue weighted by molar-refractivity contribution is -0.148. The zero-order valence-electron chi connectivity index (χ0n) is 24.9. The first-order valence-electron chi connectivity index (χ1n) is 14.4. The number of hydrogen-bond donors (Lipinski definition) is 2. The fraction of sp³-hybridized carbons (Fsp3) is 0.222. The first kappa shape index (κ1) is 31.7. The number of methoxy groups -OCH3 is 1. The molecule has 0 aliphatic carbocycles. The summed E-state index contributed by atoms with van der Waals surface area (Å²) in [6.07, 6.45) is 0. The van der Waals surface area contributed by atoms with E-state index in [1.807, 2.05) is 62.4 Å². The third kappa shape index (κ3) is 8.19. The van der Waals surface area contributed by atoms with Crippen LogP contribution in [-0.4, -0.2) is 42.9 Å². The summed E-state index contributed by atoms with van der Waals surface area (Å²) in [6.45, 7) is 3.62. The highest BCUT2D eigenvalue weighted by Crippen LogP contribution is 2.24. The molecule has 0 aliphatic rings. The highest BCUT2D eigenvalue weighted by molar-refractivity contribution is 5.97. The summed E-state index contributed by atoms with van der Waals surface area (Å²) in [6, 6.07) is 32.1. The van der Waals surface area contributed by atoms with Crippen molar-refractivity contribution in [2.75, 3.05) is 7.11 Å². The largest absolute Gasteiger partial charge is 0.467 e. The van der Waals surface area contributed by atoms with Crippen LogP contribution in [0.4, 0.5) is 0 Å². The molecule has 0 saturated carbocycles. The molecular formula is C36H36N2O6. The quantitative estimate of drug-likeness (QED) is 0.213. The van der Waals surface area contributed by atoms with Gasteiger partial charge in [0.05, 0.1) is 7.11 Å². The molecule has 0 aliphatic heterocycles. The van der Waals surface area contributed by atoms with Gasteiger partial charge in [0.25, 0.3) is 11.8 Å². The van der Waals surface area contributed by atoms with E-state index in [4.69, 9.17) is 9.47 Å². The van der Waals surface area contributed by atoms with Crippen LogP contribution in [-0.2, 0) is 25.7 Å². The predicted octanol–water partition coefficient (Wildman–Crippen LogP) is 5.41. The molecule has 2 amide bonds. The molecule has 2 N–H and O–H groups in total. The maximum atomic E-state index is 13.5. The first-order valence-corrected chi connectivity index (χ1v) is 14.4. The zero-order chi connectivity index (χ0) is 31.5. The highest BCUT2D eigenvalue weighted by atomic mass is 16.5. The summed E-state index contributed by atoms with van der Waals surface area (Å²) in [5, 5.41) is 5.65. The molecule has 4 atom stereocenters. The Balaban J connectivity index is 1.49. The van der Waals surface area contributed by atoms with Gasteiger partial charge in [-0.25, -0.2) is 9.59 Å². The number of carbonyl (C=O) groups is 4.